The summed E-state index contributed by atoms with van der Waals surface area (Å²) in [5, 5.41) is 2.62. The molecule has 2 aliphatic rings. The van der Waals surface area contributed by atoms with Crippen molar-refractivity contribution >= 4 is 16.1 Å². The fourth-order valence-electron chi connectivity index (χ4n) is 3.34. The van der Waals surface area contributed by atoms with Crippen molar-refractivity contribution in [2.75, 3.05) is 34.2 Å². The Morgan fingerprint density at radius 1 is 1.42 bits per heavy atom. The van der Waals surface area contributed by atoms with Gasteiger partial charge in [-0.25, -0.2) is 4.98 Å². The minimum absolute atomic E-state index is 0.183. The Morgan fingerprint density at radius 3 is 2.67 bits per heavy atom. The van der Waals surface area contributed by atoms with Crippen LogP contribution >= 0.6 is 0 Å². The van der Waals surface area contributed by atoms with Crippen molar-refractivity contribution in [2.24, 2.45) is 0 Å². The van der Waals surface area contributed by atoms with Crippen LogP contribution in [0.15, 0.2) is 12.4 Å². The summed E-state index contributed by atoms with van der Waals surface area (Å²) in [6.07, 6.45) is 3.84. The maximum atomic E-state index is 12.3. The molecule has 134 valence electrons. The van der Waals surface area contributed by atoms with Crippen LogP contribution in [0, 0.1) is 0 Å². The molecule has 0 bridgehead atoms. The van der Waals surface area contributed by atoms with Crippen LogP contribution in [0.25, 0.3) is 0 Å². The van der Waals surface area contributed by atoms with Gasteiger partial charge in [0.2, 0.25) is 0 Å². The normalized spacial score (nSPS) is 24.1. The molecular weight excluding hydrogens is 334 g/mol. The molecule has 2 aliphatic heterocycles. The summed E-state index contributed by atoms with van der Waals surface area (Å²) in [6, 6.07) is 0. The molecule has 0 radical (unpaired) electrons. The highest BCUT2D eigenvalue weighted by Crippen LogP contribution is 2.40. The average molecular weight is 357 g/mol. The summed E-state index contributed by atoms with van der Waals surface area (Å²) >= 11 is 0. The summed E-state index contributed by atoms with van der Waals surface area (Å²) in [5.74, 6) is 0.585. The van der Waals surface area contributed by atoms with E-state index in [2.05, 4.69) is 10.3 Å². The number of fused-ring (bicyclic) bond motifs is 2. The summed E-state index contributed by atoms with van der Waals surface area (Å²) in [4.78, 5) is 16.5. The van der Waals surface area contributed by atoms with Gasteiger partial charge < -0.3 is 14.6 Å². The number of nitrogens with one attached hydrogen (secondary N) is 1. The third kappa shape index (κ3) is 2.73. The van der Waals surface area contributed by atoms with Gasteiger partial charge in [-0.05, 0) is 12.8 Å². The van der Waals surface area contributed by atoms with Gasteiger partial charge in [-0.3, -0.25) is 4.79 Å². The number of aromatic nitrogens is 2. The van der Waals surface area contributed by atoms with Crippen molar-refractivity contribution in [1.82, 2.24) is 23.5 Å². The first-order valence-electron chi connectivity index (χ1n) is 7.89. The van der Waals surface area contributed by atoms with Crippen LogP contribution < -0.4 is 5.32 Å². The molecule has 3 rings (SSSR count). The average Bonchev–Trinajstić information content (AvgIpc) is 3.04. The van der Waals surface area contributed by atoms with E-state index in [4.69, 9.17) is 4.74 Å². The number of carbonyl (C=O) groups excluding carboxylic acids is 1. The van der Waals surface area contributed by atoms with Gasteiger partial charge in [-0.1, -0.05) is 0 Å². The lowest BCUT2D eigenvalue weighted by atomic mass is 9.89. The molecule has 0 saturated carbocycles. The van der Waals surface area contributed by atoms with Crippen molar-refractivity contribution in [3.8, 4) is 0 Å². The van der Waals surface area contributed by atoms with Crippen LogP contribution in [-0.2, 0) is 31.9 Å². The van der Waals surface area contributed by atoms with Crippen molar-refractivity contribution in [2.45, 2.75) is 31.1 Å². The van der Waals surface area contributed by atoms with Crippen molar-refractivity contribution in [3.63, 3.8) is 0 Å². The van der Waals surface area contributed by atoms with Gasteiger partial charge in [0, 0.05) is 46.6 Å². The molecule has 1 atom stereocenters. The van der Waals surface area contributed by atoms with E-state index in [9.17, 15) is 13.2 Å². The van der Waals surface area contributed by atoms with Gasteiger partial charge in [-0.15, -0.1) is 0 Å². The van der Waals surface area contributed by atoms with Gasteiger partial charge in [0.15, 0.2) is 6.10 Å². The van der Waals surface area contributed by atoms with E-state index in [0.29, 0.717) is 32.5 Å². The van der Waals surface area contributed by atoms with Crippen molar-refractivity contribution in [3.05, 3.63) is 18.2 Å². The molecule has 24 heavy (non-hydrogen) atoms. The third-order valence-electron chi connectivity index (χ3n) is 4.71. The predicted molar refractivity (Wildman–Crippen MR) is 86.3 cm³/mol. The second kappa shape index (κ2) is 6.10. The van der Waals surface area contributed by atoms with Crippen LogP contribution in [0.1, 0.15) is 18.7 Å². The van der Waals surface area contributed by atoms with Gasteiger partial charge in [0.1, 0.15) is 11.4 Å². The molecule has 3 heterocycles. The maximum absolute atomic E-state index is 12.3. The second-order valence-electron chi connectivity index (χ2n) is 6.31. The maximum Gasteiger partial charge on any atom is 0.281 e. The molecule has 1 amide bonds. The lowest BCUT2D eigenvalue weighted by Crippen LogP contribution is -2.55. The van der Waals surface area contributed by atoms with Crippen LogP contribution in [0.4, 0.5) is 0 Å². The number of amides is 1. The summed E-state index contributed by atoms with van der Waals surface area (Å²) < 4.78 is 35.3. The third-order valence-corrected chi connectivity index (χ3v) is 6.65. The summed E-state index contributed by atoms with van der Waals surface area (Å²) in [7, 11) is 1.17. The van der Waals surface area contributed by atoms with E-state index in [1.807, 2.05) is 10.8 Å². The van der Waals surface area contributed by atoms with Crippen molar-refractivity contribution < 1.29 is 17.9 Å². The monoisotopic (exact) mass is 357 g/mol. The fraction of sp³-hybridized carbons (Fsp3) is 0.714. The Morgan fingerprint density at radius 2 is 2.08 bits per heavy atom. The number of imidazole rings is 1. The highest BCUT2D eigenvalue weighted by molar-refractivity contribution is 7.86. The molecule has 1 aromatic heterocycles. The van der Waals surface area contributed by atoms with Crippen LogP contribution in [0.2, 0.25) is 0 Å². The lowest BCUT2D eigenvalue weighted by Gasteiger charge is -2.45. The Labute approximate surface area is 141 Å². The van der Waals surface area contributed by atoms with Gasteiger partial charge >= 0.3 is 0 Å². The molecule has 0 unspecified atom stereocenters. The first-order valence-corrected chi connectivity index (χ1v) is 9.28. The van der Waals surface area contributed by atoms with E-state index in [1.165, 1.54) is 22.7 Å². The zero-order valence-electron chi connectivity index (χ0n) is 14.1. The number of carbonyl (C=O) groups is 1. The quantitative estimate of drug-likeness (QED) is 0.758. The second-order valence-corrected chi connectivity index (χ2v) is 8.45. The largest absolute Gasteiger partial charge is 0.357 e. The van der Waals surface area contributed by atoms with Gasteiger partial charge in [0.25, 0.3) is 16.1 Å². The number of nitrogens with zero attached hydrogens (tertiary/aromatic N) is 4. The molecule has 1 fully saturated rings. The van der Waals surface area contributed by atoms with Gasteiger partial charge in [0.05, 0.1) is 6.54 Å². The van der Waals surface area contributed by atoms with Crippen LogP contribution in [-0.4, -0.2) is 72.8 Å². The van der Waals surface area contributed by atoms with Crippen LogP contribution in [0.5, 0.6) is 0 Å². The van der Waals surface area contributed by atoms with E-state index in [1.54, 1.807) is 13.2 Å². The number of likely N-dealkylation sites (N-methyl/N-ethyl adjacent to an activating group) is 1. The van der Waals surface area contributed by atoms with E-state index in [-0.39, 0.29) is 5.91 Å². The van der Waals surface area contributed by atoms with Gasteiger partial charge in [-0.2, -0.15) is 17.0 Å². The van der Waals surface area contributed by atoms with E-state index in [0.717, 1.165) is 5.82 Å². The van der Waals surface area contributed by atoms with E-state index >= 15 is 0 Å². The molecule has 10 heteroatoms. The smallest absolute Gasteiger partial charge is 0.281 e. The molecule has 1 saturated heterocycles. The highest BCUT2D eigenvalue weighted by Gasteiger charge is 2.48. The van der Waals surface area contributed by atoms with E-state index < -0.39 is 21.9 Å². The molecule has 1 aromatic rings. The Kier molecular flexibility index (Phi) is 4.41. The minimum Gasteiger partial charge on any atom is -0.357 e. The first kappa shape index (κ1) is 17.3. The number of ether oxygens (including phenoxy) is 1. The topological polar surface area (TPSA) is 96.8 Å². The molecular formula is C14H23N5O4S. The summed E-state index contributed by atoms with van der Waals surface area (Å²) in [5.41, 5.74) is -0.725. The number of hydrogen-bond donors (Lipinski definition) is 1. The zero-order valence-corrected chi connectivity index (χ0v) is 14.9. The van der Waals surface area contributed by atoms with Crippen molar-refractivity contribution in [1.29, 1.82) is 0 Å². The predicted octanol–water partition coefficient (Wildman–Crippen LogP) is -0.875. The Hall–Kier alpha value is -1.49. The standard InChI is InChI=1S/C14H23N5O4S/c1-15-12(20)11-10-18-9-6-16-13(18)14(23-11)4-7-19(8-5-14)24(21,22)17(2)3/h6,9,11H,4-5,7-8,10H2,1-3H3,(H,15,20)/t11-/m1/s1. The van der Waals surface area contributed by atoms with Crippen LogP contribution in [0.3, 0.4) is 0 Å². The number of hydrogen-bond acceptors (Lipinski definition) is 5. The summed E-state index contributed by atoms with van der Waals surface area (Å²) in [6.45, 7) is 1.07. The first-order chi connectivity index (χ1) is 11.3. The molecule has 1 spiro atoms. The fourth-order valence-corrected chi connectivity index (χ4v) is 4.45. The molecule has 9 nitrogen and oxygen atoms in total. The highest BCUT2D eigenvalue weighted by atomic mass is 32.2. The Bertz CT molecular complexity index is 721. The molecule has 0 aromatic carbocycles. The Balaban J connectivity index is 1.85. The lowest BCUT2D eigenvalue weighted by molar-refractivity contribution is -0.170. The number of rotatable bonds is 3. The minimum atomic E-state index is -3.45. The number of piperidine rings is 1. The SMILES string of the molecule is CNC(=O)[C@H]1Cn2ccnc2C2(CCN(S(=O)(=O)N(C)C)CC2)O1. The molecule has 0 aliphatic carbocycles. The molecule has 1 N–H and O–H groups in total. The zero-order chi connectivity index (χ0) is 17.5.